The molecule has 19 heavy (non-hydrogen) atoms. The summed E-state index contributed by atoms with van der Waals surface area (Å²) >= 11 is 10.2. The Bertz CT molecular complexity index is 595. The van der Waals surface area contributed by atoms with Gasteiger partial charge in [-0.25, -0.2) is 0 Å². The Morgan fingerprint density at radius 2 is 1.89 bits per heavy atom. The molecule has 1 atom stereocenters. The molecular formula is C16H16BrClO. The quantitative estimate of drug-likeness (QED) is 0.680. The molecular weight excluding hydrogens is 324 g/mol. The van der Waals surface area contributed by atoms with Gasteiger partial charge in [-0.2, -0.15) is 0 Å². The van der Waals surface area contributed by atoms with Crippen LogP contribution in [0.5, 0.6) is 5.75 Å². The summed E-state index contributed by atoms with van der Waals surface area (Å²) in [6.45, 7) is 4.10. The van der Waals surface area contributed by atoms with Crippen molar-refractivity contribution in [2.45, 2.75) is 19.2 Å². The highest BCUT2D eigenvalue weighted by molar-refractivity contribution is 9.10. The van der Waals surface area contributed by atoms with E-state index in [2.05, 4.69) is 35.0 Å². The van der Waals surface area contributed by atoms with E-state index in [1.165, 1.54) is 5.56 Å². The minimum Gasteiger partial charge on any atom is -0.496 e. The van der Waals surface area contributed by atoms with Crippen LogP contribution in [0.1, 0.15) is 27.6 Å². The van der Waals surface area contributed by atoms with Crippen molar-refractivity contribution in [2.75, 3.05) is 7.11 Å². The first-order valence-electron chi connectivity index (χ1n) is 6.08. The van der Waals surface area contributed by atoms with Gasteiger partial charge in [0.05, 0.1) is 12.5 Å². The largest absolute Gasteiger partial charge is 0.496 e. The first-order chi connectivity index (χ1) is 9.04. The minimum atomic E-state index is -0.151. The molecule has 0 amide bonds. The molecule has 0 spiro atoms. The third-order valence-corrected chi connectivity index (χ3v) is 4.64. The fourth-order valence-electron chi connectivity index (χ4n) is 2.14. The van der Waals surface area contributed by atoms with Crippen molar-refractivity contribution in [1.82, 2.24) is 0 Å². The topological polar surface area (TPSA) is 9.23 Å². The zero-order chi connectivity index (χ0) is 14.0. The zero-order valence-electron chi connectivity index (χ0n) is 11.2. The van der Waals surface area contributed by atoms with E-state index < -0.39 is 0 Å². The maximum absolute atomic E-state index is 6.61. The van der Waals surface area contributed by atoms with Crippen molar-refractivity contribution >= 4 is 27.5 Å². The predicted molar refractivity (Wildman–Crippen MR) is 84.3 cm³/mol. The lowest BCUT2D eigenvalue weighted by molar-refractivity contribution is 0.411. The molecule has 2 aromatic carbocycles. The van der Waals surface area contributed by atoms with Crippen LogP contribution in [0.15, 0.2) is 40.9 Å². The molecule has 0 saturated heterocycles. The van der Waals surface area contributed by atoms with Crippen LogP contribution in [0.3, 0.4) is 0 Å². The van der Waals surface area contributed by atoms with E-state index in [4.69, 9.17) is 16.3 Å². The second-order valence-electron chi connectivity index (χ2n) is 4.55. The molecule has 0 fully saturated rings. The number of methoxy groups -OCH3 is 1. The van der Waals surface area contributed by atoms with Crippen molar-refractivity contribution in [3.8, 4) is 5.75 Å². The molecule has 0 aliphatic carbocycles. The van der Waals surface area contributed by atoms with Gasteiger partial charge in [0.25, 0.3) is 0 Å². The molecule has 0 aliphatic rings. The summed E-state index contributed by atoms with van der Waals surface area (Å²) in [4.78, 5) is 0. The second kappa shape index (κ2) is 5.98. The first kappa shape index (κ1) is 14.4. The molecule has 2 aromatic rings. The molecule has 0 bridgehead atoms. The summed E-state index contributed by atoms with van der Waals surface area (Å²) in [6.07, 6.45) is 0. The smallest absolute Gasteiger partial charge is 0.121 e. The van der Waals surface area contributed by atoms with Gasteiger partial charge in [-0.1, -0.05) is 40.2 Å². The molecule has 1 nitrogen and oxygen atoms in total. The van der Waals surface area contributed by atoms with Crippen molar-refractivity contribution in [3.05, 3.63) is 63.1 Å². The Balaban J connectivity index is 2.41. The average molecular weight is 340 g/mol. The maximum atomic E-state index is 6.61. The molecule has 0 aliphatic heterocycles. The molecule has 3 heteroatoms. The molecule has 0 saturated carbocycles. The maximum Gasteiger partial charge on any atom is 0.121 e. The average Bonchev–Trinajstić information content (AvgIpc) is 2.41. The number of rotatable bonds is 3. The van der Waals surface area contributed by atoms with E-state index in [0.717, 1.165) is 26.9 Å². The van der Waals surface area contributed by atoms with Crippen LogP contribution in [0.4, 0.5) is 0 Å². The van der Waals surface area contributed by atoms with E-state index >= 15 is 0 Å². The molecule has 0 aromatic heterocycles. The van der Waals surface area contributed by atoms with Crippen LogP contribution >= 0.6 is 27.5 Å². The van der Waals surface area contributed by atoms with Crippen molar-refractivity contribution in [1.29, 1.82) is 0 Å². The summed E-state index contributed by atoms with van der Waals surface area (Å²) < 4.78 is 6.36. The second-order valence-corrected chi connectivity index (χ2v) is 5.84. The third-order valence-electron chi connectivity index (χ3n) is 3.29. The van der Waals surface area contributed by atoms with Gasteiger partial charge >= 0.3 is 0 Å². The van der Waals surface area contributed by atoms with Gasteiger partial charge in [0.2, 0.25) is 0 Å². The lowest BCUT2D eigenvalue weighted by Crippen LogP contribution is -1.98. The summed E-state index contributed by atoms with van der Waals surface area (Å²) in [5.74, 6) is 0.888. The summed E-state index contributed by atoms with van der Waals surface area (Å²) in [7, 11) is 1.68. The van der Waals surface area contributed by atoms with Crippen molar-refractivity contribution in [3.63, 3.8) is 0 Å². The number of ether oxygens (including phenoxy) is 1. The Morgan fingerprint density at radius 1 is 1.16 bits per heavy atom. The standard InChI is InChI=1S/C16H16BrClO/c1-10-9-12(7-8-15(10)19-3)16(18)13-5-4-6-14(17)11(13)2/h4-9,16H,1-3H3. The lowest BCUT2D eigenvalue weighted by Gasteiger charge is -2.16. The predicted octanol–water partition coefficient (Wildman–Crippen LogP) is 5.40. The number of hydrogen-bond acceptors (Lipinski definition) is 1. The van der Waals surface area contributed by atoms with Gasteiger partial charge in [0, 0.05) is 4.47 Å². The van der Waals surface area contributed by atoms with Crippen molar-refractivity contribution < 1.29 is 4.74 Å². The van der Waals surface area contributed by atoms with E-state index in [1.807, 2.05) is 31.2 Å². The third kappa shape index (κ3) is 2.96. The van der Waals surface area contributed by atoms with Gasteiger partial charge in [0.15, 0.2) is 0 Å². The first-order valence-corrected chi connectivity index (χ1v) is 7.31. The fourth-order valence-corrected chi connectivity index (χ4v) is 2.89. The van der Waals surface area contributed by atoms with Gasteiger partial charge in [-0.05, 0) is 48.2 Å². The van der Waals surface area contributed by atoms with Crippen LogP contribution < -0.4 is 4.74 Å². The minimum absolute atomic E-state index is 0.151. The fraction of sp³-hybridized carbons (Fsp3) is 0.250. The molecule has 0 N–H and O–H groups in total. The van der Waals surface area contributed by atoms with Crippen LogP contribution in [-0.2, 0) is 0 Å². The number of alkyl halides is 1. The summed E-state index contributed by atoms with van der Waals surface area (Å²) in [5, 5.41) is -0.151. The Hall–Kier alpha value is -0.990. The molecule has 0 radical (unpaired) electrons. The summed E-state index contributed by atoms with van der Waals surface area (Å²) in [6, 6.07) is 12.2. The Morgan fingerprint density at radius 3 is 2.53 bits per heavy atom. The van der Waals surface area contributed by atoms with E-state index in [1.54, 1.807) is 7.11 Å². The van der Waals surface area contributed by atoms with Gasteiger partial charge < -0.3 is 4.74 Å². The zero-order valence-corrected chi connectivity index (χ0v) is 13.5. The Labute approximate surface area is 127 Å². The molecule has 0 heterocycles. The number of benzene rings is 2. The van der Waals surface area contributed by atoms with Gasteiger partial charge in [-0.3, -0.25) is 0 Å². The van der Waals surface area contributed by atoms with Gasteiger partial charge in [0.1, 0.15) is 5.75 Å². The van der Waals surface area contributed by atoms with Crippen LogP contribution in [-0.4, -0.2) is 7.11 Å². The highest BCUT2D eigenvalue weighted by atomic mass is 79.9. The molecule has 1 unspecified atom stereocenters. The van der Waals surface area contributed by atoms with Crippen LogP contribution in [0.25, 0.3) is 0 Å². The number of hydrogen-bond donors (Lipinski definition) is 0. The molecule has 2 rings (SSSR count). The van der Waals surface area contributed by atoms with Gasteiger partial charge in [-0.15, -0.1) is 11.6 Å². The normalized spacial score (nSPS) is 12.3. The van der Waals surface area contributed by atoms with E-state index in [0.29, 0.717) is 0 Å². The van der Waals surface area contributed by atoms with Crippen molar-refractivity contribution in [2.24, 2.45) is 0 Å². The van der Waals surface area contributed by atoms with Crippen LogP contribution in [0.2, 0.25) is 0 Å². The monoisotopic (exact) mass is 338 g/mol. The highest BCUT2D eigenvalue weighted by Gasteiger charge is 2.15. The van der Waals surface area contributed by atoms with E-state index in [9.17, 15) is 0 Å². The molecule has 100 valence electrons. The Kier molecular flexibility index (Phi) is 4.54. The van der Waals surface area contributed by atoms with E-state index in [-0.39, 0.29) is 5.38 Å². The SMILES string of the molecule is COc1ccc(C(Cl)c2cccc(Br)c2C)cc1C. The van der Waals surface area contributed by atoms with Crippen LogP contribution in [0, 0.1) is 13.8 Å². The number of halogens is 2. The lowest BCUT2D eigenvalue weighted by atomic mass is 9.98. The number of aryl methyl sites for hydroxylation is 1. The highest BCUT2D eigenvalue weighted by Crippen LogP contribution is 2.35. The summed E-state index contributed by atoms with van der Waals surface area (Å²) in [5.41, 5.74) is 4.48.